The molecule has 0 unspecified atom stereocenters. The zero-order chi connectivity index (χ0) is 21.6. The highest BCUT2D eigenvalue weighted by Gasteiger charge is 2.19. The van der Waals surface area contributed by atoms with E-state index in [1.165, 1.54) is 4.88 Å². The Morgan fingerprint density at radius 2 is 1.93 bits per heavy atom. The molecule has 8 heteroatoms. The first kappa shape index (κ1) is 22.7. The second-order valence-electron chi connectivity index (χ2n) is 7.71. The minimum atomic E-state index is -0.604. The molecule has 2 aromatic heterocycles. The summed E-state index contributed by atoms with van der Waals surface area (Å²) >= 11 is 1.67. The van der Waals surface area contributed by atoms with E-state index < -0.39 is 17.7 Å². The largest absolute Gasteiger partial charge is 0.457 e. The van der Waals surface area contributed by atoms with E-state index in [-0.39, 0.29) is 25.4 Å². The Labute approximate surface area is 175 Å². The van der Waals surface area contributed by atoms with Gasteiger partial charge >= 0.3 is 12.1 Å². The number of aryl methyl sites for hydroxylation is 1. The van der Waals surface area contributed by atoms with Gasteiger partial charge in [-0.3, -0.25) is 9.59 Å². The minimum absolute atomic E-state index is 0.0378. The number of ether oxygens (including phenoxy) is 2. The highest BCUT2D eigenvalue weighted by Crippen LogP contribution is 2.20. The molecule has 2 rings (SSSR count). The first-order chi connectivity index (χ1) is 13.6. The lowest BCUT2D eigenvalue weighted by Gasteiger charge is -2.19. The van der Waals surface area contributed by atoms with Crippen LogP contribution >= 0.6 is 11.3 Å². The lowest BCUT2D eigenvalue weighted by atomic mass is 10.1. The summed E-state index contributed by atoms with van der Waals surface area (Å²) in [7, 11) is 0. The summed E-state index contributed by atoms with van der Waals surface area (Å²) in [5.74, 6) is -0.800. The maximum Gasteiger partial charge on any atom is 0.407 e. The van der Waals surface area contributed by atoms with Gasteiger partial charge in [0, 0.05) is 28.4 Å². The Hall–Kier alpha value is -2.61. The Morgan fingerprint density at radius 1 is 1.21 bits per heavy atom. The number of nitrogens with zero attached hydrogens (tertiary/aromatic N) is 1. The lowest BCUT2D eigenvalue weighted by Crippen LogP contribution is -2.33. The number of thiophene rings is 1. The Balaban J connectivity index is 1.81. The summed E-state index contributed by atoms with van der Waals surface area (Å²) in [6.45, 7) is 9.56. The van der Waals surface area contributed by atoms with Gasteiger partial charge < -0.3 is 19.4 Å². The third-order valence-corrected chi connectivity index (χ3v) is 4.99. The van der Waals surface area contributed by atoms with E-state index in [1.54, 1.807) is 32.1 Å². The fourth-order valence-corrected chi connectivity index (χ4v) is 3.45. The van der Waals surface area contributed by atoms with Crippen LogP contribution in [0.25, 0.3) is 0 Å². The molecule has 0 saturated heterocycles. The first-order valence-corrected chi connectivity index (χ1v) is 10.3. The summed E-state index contributed by atoms with van der Waals surface area (Å²) in [5.41, 5.74) is 1.78. The zero-order valence-electron chi connectivity index (χ0n) is 17.5. The number of amides is 1. The molecular weight excluding hydrogens is 392 g/mol. The van der Waals surface area contributed by atoms with Gasteiger partial charge in [-0.2, -0.15) is 0 Å². The van der Waals surface area contributed by atoms with Crippen LogP contribution in [0, 0.1) is 13.8 Å². The predicted octanol–water partition coefficient (Wildman–Crippen LogP) is 3.86. The average Bonchev–Trinajstić information content (AvgIpc) is 3.22. The monoisotopic (exact) mass is 420 g/mol. The van der Waals surface area contributed by atoms with E-state index in [9.17, 15) is 14.4 Å². The second kappa shape index (κ2) is 9.73. The van der Waals surface area contributed by atoms with Gasteiger partial charge in [0.05, 0.1) is 13.0 Å². The van der Waals surface area contributed by atoms with Crippen molar-refractivity contribution in [1.29, 1.82) is 0 Å². The molecule has 0 aliphatic heterocycles. The average molecular weight is 421 g/mol. The van der Waals surface area contributed by atoms with Crippen molar-refractivity contribution in [2.75, 3.05) is 13.2 Å². The quantitative estimate of drug-likeness (QED) is 0.518. The topological polar surface area (TPSA) is 86.6 Å². The van der Waals surface area contributed by atoms with Crippen LogP contribution in [0.3, 0.4) is 0 Å². The summed E-state index contributed by atoms with van der Waals surface area (Å²) in [6.07, 6.45) is -0.635. The normalized spacial score (nSPS) is 11.2. The molecule has 0 aliphatic rings. The van der Waals surface area contributed by atoms with Crippen LogP contribution in [0.5, 0.6) is 0 Å². The van der Waals surface area contributed by atoms with Gasteiger partial charge in [-0.05, 0) is 52.1 Å². The van der Waals surface area contributed by atoms with Gasteiger partial charge in [-0.15, -0.1) is 11.3 Å². The van der Waals surface area contributed by atoms with Crippen molar-refractivity contribution < 1.29 is 23.9 Å². The molecule has 1 amide bonds. The standard InChI is InChI=1S/C21H28N2O5S/c1-14-11-17(15(2)23(14)12-16-7-6-10-29-16)18(24)13-27-19(25)8-9-22-20(26)28-21(3,4)5/h6-7,10-11H,8-9,12-13H2,1-5H3,(H,22,26). The molecule has 158 valence electrons. The highest BCUT2D eigenvalue weighted by molar-refractivity contribution is 7.09. The lowest BCUT2D eigenvalue weighted by molar-refractivity contribution is -0.142. The smallest absolute Gasteiger partial charge is 0.407 e. The van der Waals surface area contributed by atoms with Crippen molar-refractivity contribution in [2.45, 2.75) is 53.2 Å². The number of hydrogen-bond donors (Lipinski definition) is 1. The number of ketones is 1. The van der Waals surface area contributed by atoms with Crippen molar-refractivity contribution in [3.63, 3.8) is 0 Å². The highest BCUT2D eigenvalue weighted by atomic mass is 32.1. The van der Waals surface area contributed by atoms with E-state index in [2.05, 4.69) is 16.0 Å². The van der Waals surface area contributed by atoms with Crippen LogP contribution in [0.1, 0.15) is 53.8 Å². The van der Waals surface area contributed by atoms with Crippen molar-refractivity contribution in [1.82, 2.24) is 9.88 Å². The van der Waals surface area contributed by atoms with E-state index in [4.69, 9.17) is 9.47 Å². The molecule has 1 N–H and O–H groups in total. The van der Waals surface area contributed by atoms with Gasteiger partial charge in [0.2, 0.25) is 5.78 Å². The van der Waals surface area contributed by atoms with Gasteiger partial charge in [-0.25, -0.2) is 4.79 Å². The molecule has 0 fully saturated rings. The second-order valence-corrected chi connectivity index (χ2v) is 8.75. The maximum atomic E-state index is 12.5. The molecule has 7 nitrogen and oxygen atoms in total. The SMILES string of the molecule is Cc1cc(C(=O)COC(=O)CCNC(=O)OC(C)(C)C)c(C)n1Cc1cccs1. The van der Waals surface area contributed by atoms with Gasteiger partial charge in [-0.1, -0.05) is 6.07 Å². The van der Waals surface area contributed by atoms with E-state index >= 15 is 0 Å². The van der Waals surface area contributed by atoms with Crippen molar-refractivity contribution in [2.24, 2.45) is 0 Å². The number of Topliss-reactive ketones (excluding diaryl/α,β-unsaturated/α-hetero) is 1. The first-order valence-electron chi connectivity index (χ1n) is 9.41. The molecule has 2 heterocycles. The Morgan fingerprint density at radius 3 is 2.55 bits per heavy atom. The molecule has 0 saturated carbocycles. The molecular formula is C21H28N2O5S. The molecule has 0 bridgehead atoms. The molecule has 0 aliphatic carbocycles. The number of aromatic nitrogens is 1. The maximum absolute atomic E-state index is 12.5. The third-order valence-electron chi connectivity index (χ3n) is 4.13. The molecule has 0 spiro atoms. The summed E-state index contributed by atoms with van der Waals surface area (Å²) in [5, 5.41) is 4.50. The number of hydrogen-bond acceptors (Lipinski definition) is 6. The fraction of sp³-hybridized carbons (Fsp3) is 0.476. The zero-order valence-corrected chi connectivity index (χ0v) is 18.4. The van der Waals surface area contributed by atoms with Crippen LogP contribution in [-0.2, 0) is 20.8 Å². The van der Waals surface area contributed by atoms with E-state index in [1.807, 2.05) is 31.4 Å². The number of nitrogens with one attached hydrogen (secondary N) is 1. The predicted molar refractivity (Wildman–Crippen MR) is 111 cm³/mol. The summed E-state index contributed by atoms with van der Waals surface area (Å²) in [6, 6.07) is 5.87. The van der Waals surface area contributed by atoms with Crippen LogP contribution < -0.4 is 5.32 Å². The van der Waals surface area contributed by atoms with Crippen LogP contribution in [0.15, 0.2) is 23.6 Å². The van der Waals surface area contributed by atoms with E-state index in [0.717, 1.165) is 11.4 Å². The third kappa shape index (κ3) is 7.05. The summed E-state index contributed by atoms with van der Waals surface area (Å²) in [4.78, 5) is 37.1. The van der Waals surface area contributed by atoms with E-state index in [0.29, 0.717) is 12.1 Å². The number of rotatable bonds is 8. The van der Waals surface area contributed by atoms with Crippen molar-refractivity contribution in [3.05, 3.63) is 45.4 Å². The van der Waals surface area contributed by atoms with Crippen LogP contribution in [-0.4, -0.2) is 41.2 Å². The number of alkyl carbamates (subject to hydrolysis) is 1. The minimum Gasteiger partial charge on any atom is -0.457 e. The van der Waals surface area contributed by atoms with Crippen molar-refractivity contribution in [3.8, 4) is 0 Å². The Kier molecular flexibility index (Phi) is 7.61. The molecule has 29 heavy (non-hydrogen) atoms. The van der Waals surface area contributed by atoms with Crippen LogP contribution in [0.2, 0.25) is 0 Å². The fourth-order valence-electron chi connectivity index (χ4n) is 2.76. The van der Waals surface area contributed by atoms with Gasteiger partial charge in [0.25, 0.3) is 0 Å². The molecule has 2 aromatic rings. The van der Waals surface area contributed by atoms with Crippen LogP contribution in [0.4, 0.5) is 4.79 Å². The molecule has 0 atom stereocenters. The molecule has 0 radical (unpaired) electrons. The summed E-state index contributed by atoms with van der Waals surface area (Å²) < 4.78 is 12.2. The molecule has 0 aromatic carbocycles. The number of carbonyl (C=O) groups is 3. The van der Waals surface area contributed by atoms with Gasteiger partial charge in [0.1, 0.15) is 5.60 Å². The van der Waals surface area contributed by atoms with Gasteiger partial charge in [0.15, 0.2) is 6.61 Å². The number of carbonyl (C=O) groups excluding carboxylic acids is 3. The number of esters is 1. The van der Waals surface area contributed by atoms with Crippen molar-refractivity contribution >= 4 is 29.2 Å². The Bertz CT molecular complexity index is 863.